The summed E-state index contributed by atoms with van der Waals surface area (Å²) in [4.78, 5) is 8.96. The summed E-state index contributed by atoms with van der Waals surface area (Å²) < 4.78 is 1.07. The molecule has 0 spiro atoms. The van der Waals surface area contributed by atoms with Gasteiger partial charge in [0.1, 0.15) is 11.6 Å². The maximum atomic E-state index is 4.58. The first kappa shape index (κ1) is 13.3. The van der Waals surface area contributed by atoms with Crippen LogP contribution in [0, 0.1) is 3.57 Å². The highest BCUT2D eigenvalue weighted by molar-refractivity contribution is 14.1. The van der Waals surface area contributed by atoms with Gasteiger partial charge in [-0.25, -0.2) is 9.97 Å². The van der Waals surface area contributed by atoms with Crippen LogP contribution in [0.4, 0.5) is 5.82 Å². The zero-order valence-electron chi connectivity index (χ0n) is 10.4. The number of aromatic nitrogens is 2. The Morgan fingerprint density at radius 1 is 1.22 bits per heavy atom. The second-order valence-corrected chi connectivity index (χ2v) is 5.23. The largest absolute Gasteiger partial charge is 0.369 e. The van der Waals surface area contributed by atoms with Crippen molar-refractivity contribution in [2.45, 2.75) is 19.8 Å². The van der Waals surface area contributed by atoms with Gasteiger partial charge < -0.3 is 5.32 Å². The fourth-order valence-electron chi connectivity index (χ4n) is 1.63. The van der Waals surface area contributed by atoms with Crippen LogP contribution in [0.25, 0.3) is 0 Å². The zero-order valence-corrected chi connectivity index (χ0v) is 12.5. The average molecular weight is 353 g/mol. The summed E-state index contributed by atoms with van der Waals surface area (Å²) in [6, 6.07) is 10.3. The summed E-state index contributed by atoms with van der Waals surface area (Å²) in [6.45, 7) is 3.09. The van der Waals surface area contributed by atoms with E-state index in [0.29, 0.717) is 0 Å². The van der Waals surface area contributed by atoms with Crippen molar-refractivity contribution in [3.8, 4) is 0 Å². The van der Waals surface area contributed by atoms with Crippen molar-refractivity contribution in [1.82, 2.24) is 9.97 Å². The second-order valence-electron chi connectivity index (χ2n) is 4.07. The van der Waals surface area contributed by atoms with Gasteiger partial charge in [0, 0.05) is 19.2 Å². The van der Waals surface area contributed by atoms with Gasteiger partial charge in [0.2, 0.25) is 0 Å². The molecule has 2 rings (SSSR count). The lowest BCUT2D eigenvalue weighted by molar-refractivity contribution is 0.926. The van der Waals surface area contributed by atoms with Gasteiger partial charge in [-0.15, -0.1) is 0 Å². The third-order valence-electron chi connectivity index (χ3n) is 2.54. The van der Waals surface area contributed by atoms with E-state index in [1.807, 2.05) is 24.4 Å². The van der Waals surface area contributed by atoms with Crippen LogP contribution in [0.3, 0.4) is 0 Å². The molecule has 0 saturated carbocycles. The lowest BCUT2D eigenvalue weighted by atomic mass is 10.1. The Labute approximate surface area is 121 Å². The normalized spacial score (nSPS) is 10.3. The number of hydrogen-bond acceptors (Lipinski definition) is 3. The topological polar surface area (TPSA) is 37.8 Å². The predicted molar refractivity (Wildman–Crippen MR) is 82.8 cm³/mol. The number of nitrogens with zero attached hydrogens (tertiary/aromatic N) is 2. The number of nitrogens with one attached hydrogen (secondary N) is 1. The third-order valence-corrected chi connectivity index (χ3v) is 3.33. The molecule has 0 unspecified atom stereocenters. The molecular weight excluding hydrogens is 337 g/mol. The fraction of sp³-hybridized carbons (Fsp3) is 0.286. The van der Waals surface area contributed by atoms with E-state index in [1.165, 1.54) is 5.56 Å². The van der Waals surface area contributed by atoms with E-state index in [2.05, 4.69) is 56.9 Å². The molecule has 0 bridgehead atoms. The van der Waals surface area contributed by atoms with Crippen molar-refractivity contribution >= 4 is 28.4 Å². The van der Waals surface area contributed by atoms with E-state index in [4.69, 9.17) is 0 Å². The first-order valence-electron chi connectivity index (χ1n) is 6.09. The summed E-state index contributed by atoms with van der Waals surface area (Å²) in [5, 5.41) is 3.33. The maximum Gasteiger partial charge on any atom is 0.143 e. The van der Waals surface area contributed by atoms with Gasteiger partial charge in [-0.2, -0.15) is 0 Å². The van der Waals surface area contributed by atoms with Gasteiger partial charge in [0.25, 0.3) is 0 Å². The number of rotatable bonds is 5. The summed E-state index contributed by atoms with van der Waals surface area (Å²) in [6.07, 6.45) is 3.75. The fourth-order valence-corrected chi connectivity index (χ4v) is 2.09. The van der Waals surface area contributed by atoms with Crippen LogP contribution in [-0.4, -0.2) is 16.5 Å². The molecule has 4 heteroatoms. The van der Waals surface area contributed by atoms with Crippen LogP contribution in [-0.2, 0) is 6.42 Å². The minimum Gasteiger partial charge on any atom is -0.369 e. The Kier molecular flexibility index (Phi) is 4.92. The molecule has 94 valence electrons. The van der Waals surface area contributed by atoms with Crippen LogP contribution in [0.5, 0.6) is 0 Å². The first-order valence-corrected chi connectivity index (χ1v) is 7.16. The Bertz CT molecular complexity index is 500. The Morgan fingerprint density at radius 3 is 2.72 bits per heavy atom. The van der Waals surface area contributed by atoms with Crippen LogP contribution in [0.1, 0.15) is 24.7 Å². The first-order chi connectivity index (χ1) is 8.79. The molecule has 0 aliphatic heterocycles. The molecule has 0 fully saturated rings. The molecule has 3 nitrogen and oxygen atoms in total. The highest BCUT2D eigenvalue weighted by Crippen LogP contribution is 2.15. The lowest BCUT2D eigenvalue weighted by Gasteiger charge is -2.08. The minimum atomic E-state index is 0.776. The Morgan fingerprint density at radius 2 is 2.00 bits per heavy atom. The number of halogens is 1. The van der Waals surface area contributed by atoms with E-state index < -0.39 is 0 Å². The van der Waals surface area contributed by atoms with Crippen molar-refractivity contribution in [3.63, 3.8) is 0 Å². The summed E-state index contributed by atoms with van der Waals surface area (Å²) in [5.41, 5.74) is 1.24. The van der Waals surface area contributed by atoms with E-state index >= 15 is 0 Å². The lowest BCUT2D eigenvalue weighted by Crippen LogP contribution is -2.07. The van der Waals surface area contributed by atoms with Gasteiger partial charge in [-0.3, -0.25) is 0 Å². The molecule has 0 aliphatic rings. The molecule has 2 aromatic rings. The Hall–Kier alpha value is -1.17. The monoisotopic (exact) mass is 353 g/mol. The standard InChI is InChI=1S/C14H16IN3/c1-2-8-16-14-12(15)10-17-13(18-14)9-11-6-4-3-5-7-11/h3-7,10H,2,8-9H2,1H3,(H,16,17,18). The number of anilines is 1. The predicted octanol–water partition coefficient (Wildman–Crippen LogP) is 3.49. The smallest absolute Gasteiger partial charge is 0.143 e. The molecule has 0 amide bonds. The van der Waals surface area contributed by atoms with E-state index in [1.54, 1.807) is 0 Å². The Balaban J connectivity index is 2.14. The molecule has 0 atom stereocenters. The highest BCUT2D eigenvalue weighted by atomic mass is 127. The summed E-state index contributed by atoms with van der Waals surface area (Å²) in [5.74, 6) is 1.80. The van der Waals surface area contributed by atoms with E-state index in [0.717, 1.165) is 34.6 Å². The molecule has 1 aromatic heterocycles. The molecule has 0 radical (unpaired) electrons. The van der Waals surface area contributed by atoms with Crippen LogP contribution < -0.4 is 5.32 Å². The van der Waals surface area contributed by atoms with Gasteiger partial charge in [0.15, 0.2) is 0 Å². The van der Waals surface area contributed by atoms with Crippen molar-refractivity contribution in [2.24, 2.45) is 0 Å². The highest BCUT2D eigenvalue weighted by Gasteiger charge is 2.05. The van der Waals surface area contributed by atoms with Crippen LogP contribution in [0.2, 0.25) is 0 Å². The van der Waals surface area contributed by atoms with Gasteiger partial charge in [0.05, 0.1) is 3.57 Å². The van der Waals surface area contributed by atoms with Crippen molar-refractivity contribution in [3.05, 3.63) is 51.5 Å². The van der Waals surface area contributed by atoms with Crippen molar-refractivity contribution in [2.75, 3.05) is 11.9 Å². The molecular formula is C14H16IN3. The average Bonchev–Trinajstić information content (AvgIpc) is 2.40. The van der Waals surface area contributed by atoms with E-state index in [9.17, 15) is 0 Å². The third kappa shape index (κ3) is 3.66. The molecule has 1 heterocycles. The molecule has 1 N–H and O–H groups in total. The maximum absolute atomic E-state index is 4.58. The van der Waals surface area contributed by atoms with Crippen LogP contribution >= 0.6 is 22.6 Å². The molecule has 1 aromatic carbocycles. The van der Waals surface area contributed by atoms with E-state index in [-0.39, 0.29) is 0 Å². The number of benzene rings is 1. The van der Waals surface area contributed by atoms with Gasteiger partial charge in [-0.05, 0) is 34.6 Å². The molecule has 0 saturated heterocycles. The SMILES string of the molecule is CCCNc1nc(Cc2ccccc2)ncc1I. The summed E-state index contributed by atoms with van der Waals surface area (Å²) >= 11 is 2.26. The molecule has 18 heavy (non-hydrogen) atoms. The van der Waals surface area contributed by atoms with Crippen molar-refractivity contribution in [1.29, 1.82) is 0 Å². The van der Waals surface area contributed by atoms with Gasteiger partial charge >= 0.3 is 0 Å². The van der Waals surface area contributed by atoms with Crippen LogP contribution in [0.15, 0.2) is 36.5 Å². The number of hydrogen-bond donors (Lipinski definition) is 1. The molecule has 0 aliphatic carbocycles. The van der Waals surface area contributed by atoms with Gasteiger partial charge in [-0.1, -0.05) is 37.3 Å². The minimum absolute atomic E-state index is 0.776. The zero-order chi connectivity index (χ0) is 12.8. The second kappa shape index (κ2) is 6.68. The van der Waals surface area contributed by atoms with Crippen molar-refractivity contribution < 1.29 is 0 Å². The quantitative estimate of drug-likeness (QED) is 0.837. The summed E-state index contributed by atoms with van der Waals surface area (Å²) in [7, 11) is 0.